The summed E-state index contributed by atoms with van der Waals surface area (Å²) in [4.78, 5) is 0. The highest BCUT2D eigenvalue weighted by atomic mass is 32.1. The van der Waals surface area contributed by atoms with E-state index >= 15 is 0 Å². The fourth-order valence-corrected chi connectivity index (χ4v) is 22.5. The van der Waals surface area contributed by atoms with Crippen LogP contribution in [0.3, 0.4) is 0 Å². The van der Waals surface area contributed by atoms with E-state index in [0.29, 0.717) is 11.8 Å². The number of benzene rings is 19. The van der Waals surface area contributed by atoms with E-state index in [1.165, 1.54) is 273 Å². The molecular formula is C129H118S. The number of hydrogen-bond acceptors (Lipinski definition) is 1. The van der Waals surface area contributed by atoms with E-state index in [9.17, 15) is 0 Å². The van der Waals surface area contributed by atoms with Crippen LogP contribution in [0.15, 0.2) is 376 Å². The molecule has 0 amide bonds. The van der Waals surface area contributed by atoms with E-state index in [0.717, 1.165) is 12.3 Å². The molecule has 130 heavy (non-hydrogen) atoms. The third-order valence-electron chi connectivity index (χ3n) is 28.1. The standard InChI is InChI=1S/C27H26.C27H24.C17H14.C16H16.C15H16.C14H12.C13H10S/c1-17-8-11-22-20(14-17)10-13-25-26(22)15-18(2)16-27(25)24-12-9-19(3)21-6-4-5-7-23(21)24;1-19-13-15-24-22(17-19)9-5-11-26(24)27-12-6-10-23-18-21(14-16-25(23)27)20-7-3-2-4-8-20;1-13-5-4-8-15(11-13)17-10-9-14-6-2-3-7-16(14)12-17;1-12-7-8-14-9-10-15(16(14)11-12)13-5-3-2-4-6-13;1-11-6-9-15-13(10-11)8-7-12-4-2-3-5-14(12)15;1-10-6-7-14-12(8-10)9-11-4-2-3-5-13(11)14;1-9-6-7-13-11(8-9)10-4-2-3-5-12(10)14-13/h4-7,9-10,12-13,15-17H,8,11,14H2,1-3H3;2-5,7-9,11,13-18,27H,6,10,12H2,1H3;2-12H,1H3;2-8,11,15H,9-10H2,1H3;6-10H,2-5H2,1H3;2-8H,9H2,1H3;2-8H,1H3. The van der Waals surface area contributed by atoms with Crippen molar-refractivity contribution >= 4 is 85.4 Å². The van der Waals surface area contributed by atoms with Gasteiger partial charge in [-0.2, -0.15) is 0 Å². The summed E-state index contributed by atoms with van der Waals surface area (Å²) >= 11 is 1.87. The number of thiophene rings is 1. The zero-order valence-corrected chi connectivity index (χ0v) is 77.9. The molecule has 0 bridgehead atoms. The minimum absolute atomic E-state index is 0.505. The SMILES string of the molecule is Cc1cc(-c2ccc(C)c3ccccc23)c2ccc3c(c2c1)CCC(C)C3.Cc1ccc2c(C3CCCc4cc(-c5ccccc5)ccc43)cccc2c1.Cc1ccc2c(c1)C(c1ccccc1)CC2.Cc1ccc2c(c1)Cc1ccccc1-2.Cc1ccc2c3c(ccc2c1)CCCC3.Cc1ccc2sc3ccccc3c2c1.Cc1cccc(-c2ccc3ccccc3c2)c1. The summed E-state index contributed by atoms with van der Waals surface area (Å²) in [7, 11) is 0. The van der Waals surface area contributed by atoms with E-state index in [2.05, 4.69) is 438 Å². The average molecular weight is 1700 g/mol. The lowest BCUT2D eigenvalue weighted by molar-refractivity contribution is 0.503. The molecule has 5 aliphatic rings. The van der Waals surface area contributed by atoms with Gasteiger partial charge in [0.15, 0.2) is 0 Å². The maximum atomic E-state index is 2.42. The molecule has 0 saturated carbocycles. The minimum atomic E-state index is 0.505. The largest absolute Gasteiger partial charge is 0.135 e. The first-order valence-electron chi connectivity index (χ1n) is 47.6. The topological polar surface area (TPSA) is 0 Å². The van der Waals surface area contributed by atoms with Crippen molar-refractivity contribution in [3.63, 3.8) is 0 Å². The molecule has 1 heteroatoms. The Bertz CT molecular complexity index is 7520. The predicted octanol–water partition coefficient (Wildman–Crippen LogP) is 35.5. The highest BCUT2D eigenvalue weighted by molar-refractivity contribution is 7.25. The van der Waals surface area contributed by atoms with Crippen LogP contribution in [0.1, 0.15) is 169 Å². The van der Waals surface area contributed by atoms with Gasteiger partial charge in [0, 0.05) is 32.0 Å². The third-order valence-corrected chi connectivity index (χ3v) is 29.2. The van der Waals surface area contributed by atoms with Gasteiger partial charge in [-0.1, -0.05) is 392 Å². The van der Waals surface area contributed by atoms with Crippen LogP contribution in [-0.4, -0.2) is 0 Å². The Balaban J connectivity index is 0.000000100. The van der Waals surface area contributed by atoms with Crippen molar-refractivity contribution in [3.8, 4) is 44.5 Å². The zero-order chi connectivity index (χ0) is 88.7. The summed E-state index contributed by atoms with van der Waals surface area (Å²) in [6.07, 6.45) is 16.3. The molecule has 640 valence electrons. The molecule has 0 nitrogen and oxygen atoms in total. The normalized spacial score (nSPS) is 14.8. The Morgan fingerprint density at radius 1 is 0.231 bits per heavy atom. The van der Waals surface area contributed by atoms with Gasteiger partial charge >= 0.3 is 0 Å². The van der Waals surface area contributed by atoms with Crippen LogP contribution in [0.25, 0.3) is 119 Å². The second-order valence-electron chi connectivity index (χ2n) is 37.6. The Morgan fingerprint density at radius 2 is 0.800 bits per heavy atom. The maximum absolute atomic E-state index is 2.42. The summed E-state index contributed by atoms with van der Waals surface area (Å²) < 4.78 is 2.77. The van der Waals surface area contributed by atoms with Crippen molar-refractivity contribution < 1.29 is 0 Å². The van der Waals surface area contributed by atoms with Crippen LogP contribution >= 0.6 is 11.3 Å². The van der Waals surface area contributed by atoms with Crippen LogP contribution in [0, 0.1) is 61.3 Å². The molecule has 25 rings (SSSR count). The van der Waals surface area contributed by atoms with Crippen molar-refractivity contribution in [1.82, 2.24) is 0 Å². The fraction of sp³-hybridized carbons (Fsp3) is 0.194. The molecule has 19 aromatic carbocycles. The second-order valence-corrected chi connectivity index (χ2v) is 38.7. The van der Waals surface area contributed by atoms with E-state index in [-0.39, 0.29) is 0 Å². The molecule has 0 saturated heterocycles. The highest BCUT2D eigenvalue weighted by Crippen LogP contribution is 2.46. The first-order valence-corrected chi connectivity index (χ1v) is 48.4. The molecule has 0 N–H and O–H groups in total. The van der Waals surface area contributed by atoms with Crippen LogP contribution in [0.2, 0.25) is 0 Å². The van der Waals surface area contributed by atoms with E-state index in [1.54, 1.807) is 33.4 Å². The van der Waals surface area contributed by atoms with Gasteiger partial charge in [-0.05, 0) is 345 Å². The smallest absolute Gasteiger partial charge is 0.0355 e. The highest BCUT2D eigenvalue weighted by Gasteiger charge is 2.27. The number of rotatable bonds is 5. The molecule has 0 aliphatic heterocycles. The molecular weight excluding hydrogens is 1580 g/mol. The van der Waals surface area contributed by atoms with Crippen LogP contribution in [0.5, 0.6) is 0 Å². The van der Waals surface area contributed by atoms with Gasteiger partial charge in [-0.25, -0.2) is 0 Å². The first kappa shape index (κ1) is 86.1. The van der Waals surface area contributed by atoms with Crippen molar-refractivity contribution in [1.29, 1.82) is 0 Å². The average Bonchev–Trinajstić information content (AvgIpc) is 1.31. The van der Waals surface area contributed by atoms with E-state index in [4.69, 9.17) is 0 Å². The molecule has 0 radical (unpaired) electrons. The number of hydrogen-bond donors (Lipinski definition) is 0. The van der Waals surface area contributed by atoms with Gasteiger partial charge < -0.3 is 0 Å². The fourth-order valence-electron chi connectivity index (χ4n) is 21.4. The van der Waals surface area contributed by atoms with Crippen LogP contribution in [-0.2, 0) is 44.9 Å². The molecule has 1 heterocycles. The van der Waals surface area contributed by atoms with Gasteiger partial charge in [-0.15, -0.1) is 11.3 Å². The molecule has 0 fully saturated rings. The van der Waals surface area contributed by atoms with Crippen molar-refractivity contribution in [2.45, 2.75) is 158 Å². The monoisotopic (exact) mass is 1700 g/mol. The third kappa shape index (κ3) is 19.0. The van der Waals surface area contributed by atoms with Crippen LogP contribution in [0.4, 0.5) is 0 Å². The molecule has 3 atom stereocenters. The van der Waals surface area contributed by atoms with Gasteiger partial charge in [0.05, 0.1) is 0 Å². The Labute approximate surface area is 775 Å². The number of aryl methyl sites for hydroxylation is 13. The summed E-state index contributed by atoms with van der Waals surface area (Å²) in [5.74, 6) is 1.93. The lowest BCUT2D eigenvalue weighted by Gasteiger charge is -2.27. The minimum Gasteiger partial charge on any atom is -0.135 e. The quantitative estimate of drug-likeness (QED) is 0.161. The number of fused-ring (bicyclic) bond motifs is 17. The summed E-state index contributed by atoms with van der Waals surface area (Å²) in [5.41, 5.74) is 39.9. The zero-order valence-electron chi connectivity index (χ0n) is 77.1. The van der Waals surface area contributed by atoms with Crippen molar-refractivity contribution in [3.05, 3.63) is 487 Å². The molecule has 5 aliphatic carbocycles. The first-order chi connectivity index (χ1) is 63.6. The van der Waals surface area contributed by atoms with Gasteiger partial charge in [-0.3, -0.25) is 0 Å². The summed E-state index contributed by atoms with van der Waals surface area (Å²) in [6.45, 7) is 19.8. The molecule has 20 aromatic rings. The summed E-state index contributed by atoms with van der Waals surface area (Å²) in [6, 6.07) is 138. The van der Waals surface area contributed by atoms with E-state index in [1.807, 2.05) is 11.3 Å². The molecule has 0 spiro atoms. The van der Waals surface area contributed by atoms with Gasteiger partial charge in [0.1, 0.15) is 0 Å². The Hall–Kier alpha value is -13.3. The summed E-state index contributed by atoms with van der Waals surface area (Å²) in [5, 5.41) is 16.6. The van der Waals surface area contributed by atoms with Gasteiger partial charge in [0.2, 0.25) is 0 Å². The second kappa shape index (κ2) is 38.9. The molecule has 1 aromatic heterocycles. The Kier molecular flexibility index (Phi) is 25.8. The Morgan fingerprint density at radius 3 is 1.64 bits per heavy atom. The van der Waals surface area contributed by atoms with Crippen molar-refractivity contribution in [2.75, 3.05) is 0 Å². The van der Waals surface area contributed by atoms with Crippen molar-refractivity contribution in [2.24, 2.45) is 5.92 Å². The maximum Gasteiger partial charge on any atom is 0.0355 e. The molecule has 3 unspecified atom stereocenters. The predicted molar refractivity (Wildman–Crippen MR) is 564 cm³/mol. The van der Waals surface area contributed by atoms with E-state index < -0.39 is 0 Å². The lowest BCUT2D eigenvalue weighted by Crippen LogP contribution is -2.11. The van der Waals surface area contributed by atoms with Crippen LogP contribution < -0.4 is 0 Å². The lowest BCUT2D eigenvalue weighted by atomic mass is 9.77. The van der Waals surface area contributed by atoms with Gasteiger partial charge in [0.25, 0.3) is 0 Å².